The maximum Gasteiger partial charge on any atom is 0.139 e. The normalized spacial score (nSPS) is 11.9. The van der Waals surface area contributed by atoms with Crippen molar-refractivity contribution in [3.8, 4) is 11.5 Å². The molecule has 2 rings (SSSR count). The second-order valence-electron chi connectivity index (χ2n) is 3.95. The summed E-state index contributed by atoms with van der Waals surface area (Å²) in [7, 11) is 1.64. The second kappa shape index (κ2) is 6.54. The predicted molar refractivity (Wildman–Crippen MR) is 77.4 cm³/mol. The van der Waals surface area contributed by atoms with Crippen LogP contribution < -0.4 is 15.2 Å². The molecule has 19 heavy (non-hydrogen) atoms. The number of hydrogen-bond acceptors (Lipinski definition) is 4. The monoisotopic (exact) mass is 322 g/mol. The van der Waals surface area contributed by atoms with Gasteiger partial charge in [-0.3, -0.25) is 4.98 Å². The number of ether oxygens (including phenoxy) is 2. The van der Waals surface area contributed by atoms with Gasteiger partial charge in [-0.15, -0.1) is 0 Å². The Bertz CT molecular complexity index is 531. The summed E-state index contributed by atoms with van der Waals surface area (Å²) in [5, 5.41) is 0. The lowest BCUT2D eigenvalue weighted by molar-refractivity contribution is 0.213. The van der Waals surface area contributed by atoms with E-state index in [2.05, 4.69) is 20.9 Å². The average Bonchev–Trinajstić information content (AvgIpc) is 2.45. The lowest BCUT2D eigenvalue weighted by Gasteiger charge is -2.18. The number of rotatable bonds is 5. The zero-order chi connectivity index (χ0) is 13.7. The fraction of sp³-hybridized carbons (Fsp3) is 0.214. The van der Waals surface area contributed by atoms with Gasteiger partial charge in [-0.1, -0.05) is 12.1 Å². The molecule has 4 nitrogen and oxygen atoms in total. The first kappa shape index (κ1) is 13.8. The minimum absolute atomic E-state index is 0.206. The summed E-state index contributed by atoms with van der Waals surface area (Å²) in [5.41, 5.74) is 6.78. The van der Waals surface area contributed by atoms with E-state index in [-0.39, 0.29) is 6.10 Å². The number of nitrogens with two attached hydrogens (primary N) is 1. The van der Waals surface area contributed by atoms with Gasteiger partial charge in [-0.05, 0) is 39.7 Å². The number of hydrogen-bond donors (Lipinski definition) is 1. The SMILES string of the molecule is COc1ccc(C(CN)Oc2cncc(Br)c2)cc1. The number of nitrogens with zero attached hydrogens (tertiary/aromatic N) is 1. The molecule has 0 aliphatic heterocycles. The predicted octanol–water partition coefficient (Wildman–Crippen LogP) is 2.93. The van der Waals surface area contributed by atoms with Crippen molar-refractivity contribution in [3.63, 3.8) is 0 Å². The molecule has 0 aliphatic carbocycles. The lowest BCUT2D eigenvalue weighted by Crippen LogP contribution is -2.18. The van der Waals surface area contributed by atoms with Crippen LogP contribution in [0.4, 0.5) is 0 Å². The summed E-state index contributed by atoms with van der Waals surface area (Å²) in [6.07, 6.45) is 3.16. The van der Waals surface area contributed by atoms with Crippen molar-refractivity contribution in [2.75, 3.05) is 13.7 Å². The third-order valence-corrected chi connectivity index (χ3v) is 3.09. The zero-order valence-electron chi connectivity index (χ0n) is 10.5. The molecular formula is C14H15BrN2O2. The van der Waals surface area contributed by atoms with E-state index >= 15 is 0 Å². The van der Waals surface area contributed by atoms with E-state index in [0.29, 0.717) is 12.3 Å². The van der Waals surface area contributed by atoms with E-state index < -0.39 is 0 Å². The number of methoxy groups -OCH3 is 1. The fourth-order valence-corrected chi connectivity index (χ4v) is 2.04. The van der Waals surface area contributed by atoms with Crippen molar-refractivity contribution >= 4 is 15.9 Å². The molecule has 2 N–H and O–H groups in total. The first-order valence-electron chi connectivity index (χ1n) is 5.84. The van der Waals surface area contributed by atoms with Crippen molar-refractivity contribution in [3.05, 3.63) is 52.8 Å². The molecule has 1 unspecified atom stereocenters. The number of aromatic nitrogens is 1. The lowest BCUT2D eigenvalue weighted by atomic mass is 10.1. The molecule has 100 valence electrons. The van der Waals surface area contributed by atoms with Crippen LogP contribution in [-0.4, -0.2) is 18.6 Å². The Morgan fingerprint density at radius 1 is 1.21 bits per heavy atom. The van der Waals surface area contributed by atoms with Gasteiger partial charge in [-0.2, -0.15) is 0 Å². The summed E-state index contributed by atoms with van der Waals surface area (Å²) < 4.78 is 11.8. The molecule has 0 bridgehead atoms. The van der Waals surface area contributed by atoms with Crippen molar-refractivity contribution in [1.29, 1.82) is 0 Å². The first-order chi connectivity index (χ1) is 9.22. The second-order valence-corrected chi connectivity index (χ2v) is 4.87. The fourth-order valence-electron chi connectivity index (χ4n) is 1.69. The topological polar surface area (TPSA) is 57.4 Å². The largest absolute Gasteiger partial charge is 0.497 e. The van der Waals surface area contributed by atoms with E-state index in [0.717, 1.165) is 15.8 Å². The van der Waals surface area contributed by atoms with Gasteiger partial charge in [0.1, 0.15) is 17.6 Å². The van der Waals surface area contributed by atoms with Crippen LogP contribution in [0.25, 0.3) is 0 Å². The molecule has 5 heteroatoms. The van der Waals surface area contributed by atoms with Crippen LogP contribution in [0.1, 0.15) is 11.7 Å². The maximum atomic E-state index is 5.85. The highest BCUT2D eigenvalue weighted by Crippen LogP contribution is 2.24. The molecule has 1 aromatic heterocycles. The van der Waals surface area contributed by atoms with Crippen LogP contribution >= 0.6 is 15.9 Å². The summed E-state index contributed by atoms with van der Waals surface area (Å²) in [4.78, 5) is 4.06. The molecule has 0 spiro atoms. The molecule has 0 amide bonds. The summed E-state index contributed by atoms with van der Waals surface area (Å²) in [5.74, 6) is 1.49. The van der Waals surface area contributed by atoms with Gasteiger partial charge in [0, 0.05) is 17.2 Å². The average molecular weight is 323 g/mol. The highest BCUT2D eigenvalue weighted by atomic mass is 79.9. The van der Waals surface area contributed by atoms with Gasteiger partial charge >= 0.3 is 0 Å². The molecule has 0 saturated heterocycles. The van der Waals surface area contributed by atoms with Crippen molar-refractivity contribution in [2.24, 2.45) is 5.73 Å². The minimum Gasteiger partial charge on any atom is -0.497 e. The molecule has 1 aromatic carbocycles. The first-order valence-corrected chi connectivity index (χ1v) is 6.63. The van der Waals surface area contributed by atoms with Crippen molar-refractivity contribution < 1.29 is 9.47 Å². The molecule has 2 aromatic rings. The quantitative estimate of drug-likeness (QED) is 0.919. The van der Waals surface area contributed by atoms with Gasteiger partial charge in [-0.25, -0.2) is 0 Å². The molecule has 0 radical (unpaired) electrons. The molecule has 0 saturated carbocycles. The highest BCUT2D eigenvalue weighted by molar-refractivity contribution is 9.10. The van der Waals surface area contributed by atoms with E-state index in [1.807, 2.05) is 30.3 Å². The number of halogens is 1. The molecule has 1 heterocycles. The highest BCUT2D eigenvalue weighted by Gasteiger charge is 2.12. The Morgan fingerprint density at radius 2 is 1.95 bits per heavy atom. The van der Waals surface area contributed by atoms with E-state index in [4.69, 9.17) is 15.2 Å². The van der Waals surface area contributed by atoms with Crippen LogP contribution in [0, 0.1) is 0 Å². The van der Waals surface area contributed by atoms with Crippen LogP contribution in [0.5, 0.6) is 11.5 Å². The summed E-state index contributed by atoms with van der Waals surface area (Å²) >= 11 is 3.36. The van der Waals surface area contributed by atoms with Crippen molar-refractivity contribution in [2.45, 2.75) is 6.10 Å². The van der Waals surface area contributed by atoms with Gasteiger partial charge in [0.05, 0.1) is 13.3 Å². The van der Waals surface area contributed by atoms with Gasteiger partial charge < -0.3 is 15.2 Å². The van der Waals surface area contributed by atoms with Crippen LogP contribution in [0.3, 0.4) is 0 Å². The summed E-state index contributed by atoms with van der Waals surface area (Å²) in [6.45, 7) is 0.388. The maximum absolute atomic E-state index is 5.85. The van der Waals surface area contributed by atoms with Crippen LogP contribution in [-0.2, 0) is 0 Å². The standard InChI is InChI=1S/C14H15BrN2O2/c1-18-12-4-2-10(3-5-12)14(7-16)19-13-6-11(15)8-17-9-13/h2-6,8-9,14H,7,16H2,1H3. The van der Waals surface area contributed by atoms with E-state index in [9.17, 15) is 0 Å². The van der Waals surface area contributed by atoms with Gasteiger partial charge in [0.15, 0.2) is 0 Å². The Kier molecular flexibility index (Phi) is 4.76. The molecular weight excluding hydrogens is 308 g/mol. The number of benzene rings is 1. The molecule has 1 atom stereocenters. The van der Waals surface area contributed by atoms with Gasteiger partial charge in [0.2, 0.25) is 0 Å². The number of pyridine rings is 1. The Balaban J connectivity index is 2.15. The Labute approximate surface area is 120 Å². The van der Waals surface area contributed by atoms with Crippen LogP contribution in [0.15, 0.2) is 47.2 Å². The van der Waals surface area contributed by atoms with Crippen molar-refractivity contribution in [1.82, 2.24) is 4.98 Å². The Morgan fingerprint density at radius 3 is 2.53 bits per heavy atom. The van der Waals surface area contributed by atoms with Crippen LogP contribution in [0.2, 0.25) is 0 Å². The Hall–Kier alpha value is -1.59. The third kappa shape index (κ3) is 3.68. The zero-order valence-corrected chi connectivity index (χ0v) is 12.1. The smallest absolute Gasteiger partial charge is 0.139 e. The van der Waals surface area contributed by atoms with E-state index in [1.165, 1.54) is 0 Å². The molecule has 0 aliphatic rings. The molecule has 0 fully saturated rings. The third-order valence-electron chi connectivity index (χ3n) is 2.66. The van der Waals surface area contributed by atoms with Gasteiger partial charge in [0.25, 0.3) is 0 Å². The van der Waals surface area contributed by atoms with E-state index in [1.54, 1.807) is 19.5 Å². The minimum atomic E-state index is -0.206. The summed E-state index contributed by atoms with van der Waals surface area (Å²) in [6, 6.07) is 9.53.